The van der Waals surface area contributed by atoms with Crippen LogP contribution < -0.4 is 16.5 Å². The number of hydrogen-bond donors (Lipinski definition) is 4. The number of hydroxylamine groups is 1. The predicted molar refractivity (Wildman–Crippen MR) is 131 cm³/mol. The predicted octanol–water partition coefficient (Wildman–Crippen LogP) is 3.58. The first-order valence-electron chi connectivity index (χ1n) is 11.0. The molecule has 9 nitrogen and oxygen atoms in total. The van der Waals surface area contributed by atoms with E-state index in [1.165, 1.54) is 23.6 Å². The Balaban J connectivity index is 1.52. The smallest absolute Gasteiger partial charge is 0.395 e. The number of halogens is 5. The molecule has 5 unspecified atom stereocenters. The Kier molecular flexibility index (Phi) is 7.13. The van der Waals surface area contributed by atoms with E-state index in [9.17, 15) is 18.3 Å². The number of ether oxygens (including phenoxy) is 1. The fourth-order valence-electron chi connectivity index (χ4n) is 4.41. The van der Waals surface area contributed by atoms with E-state index in [0.29, 0.717) is 22.4 Å². The van der Waals surface area contributed by atoms with Gasteiger partial charge in [0, 0.05) is 16.6 Å². The molecule has 2 saturated heterocycles. The number of fused-ring (bicyclic) bond motifs is 1. The Hall–Kier alpha value is -2.39. The average molecular weight is 577 g/mol. The molecule has 0 saturated carbocycles. The van der Waals surface area contributed by atoms with Gasteiger partial charge in [0.15, 0.2) is 0 Å². The highest BCUT2D eigenvalue weighted by molar-refractivity contribution is 7.11. The minimum atomic E-state index is -4.66. The standard InChI is InChI=1S/C22H21Cl2F3N6O3S/c1-9-4-14(33(32-9)13-5-10(23)2-3-11(13)22(25,26)27)19-18(34)17(20-15(35-19)7-30-36-20)29-6-12(28)21-31-16(24)8-37-21/h2-6,8,15,17-20,29-30,34H,7,28H2,1H3/b12-6-. The topological polar surface area (TPSA) is 119 Å². The minimum absolute atomic E-state index is 0.100. The van der Waals surface area contributed by atoms with Crippen molar-refractivity contribution in [3.05, 3.63) is 68.0 Å². The summed E-state index contributed by atoms with van der Waals surface area (Å²) in [6, 6.07) is 4.05. The molecule has 0 radical (unpaired) electrons. The SMILES string of the molecule is Cc1cc(C2OC3CNOC3C(N/C=C(\N)c3nc(Cl)cs3)C2O)n(-c2cc(Cl)ccc2C(F)(F)F)n1. The summed E-state index contributed by atoms with van der Waals surface area (Å²) in [6.45, 7) is 1.93. The van der Waals surface area contributed by atoms with E-state index < -0.39 is 42.2 Å². The van der Waals surface area contributed by atoms with Gasteiger partial charge >= 0.3 is 6.18 Å². The first-order valence-corrected chi connectivity index (χ1v) is 12.7. The van der Waals surface area contributed by atoms with Gasteiger partial charge in [-0.1, -0.05) is 23.2 Å². The Morgan fingerprint density at radius 2 is 2.14 bits per heavy atom. The van der Waals surface area contributed by atoms with Gasteiger partial charge in [-0.2, -0.15) is 23.8 Å². The van der Waals surface area contributed by atoms with E-state index in [4.69, 9.17) is 38.5 Å². The van der Waals surface area contributed by atoms with E-state index in [1.54, 1.807) is 18.4 Å². The van der Waals surface area contributed by atoms with Crippen molar-refractivity contribution in [2.75, 3.05) is 6.54 Å². The molecule has 5 N–H and O–H groups in total. The number of alkyl halides is 3. The lowest BCUT2D eigenvalue weighted by Crippen LogP contribution is -2.58. The molecular formula is C22H21Cl2F3N6O3S. The van der Waals surface area contributed by atoms with Crippen LogP contribution in [0.3, 0.4) is 0 Å². The maximum absolute atomic E-state index is 13.8. The number of nitrogens with two attached hydrogens (primary N) is 1. The molecular weight excluding hydrogens is 556 g/mol. The molecule has 1 aromatic carbocycles. The zero-order valence-electron chi connectivity index (χ0n) is 19.0. The van der Waals surface area contributed by atoms with Gasteiger partial charge in [-0.3, -0.25) is 4.84 Å². The van der Waals surface area contributed by atoms with Crippen molar-refractivity contribution in [2.45, 2.75) is 43.6 Å². The van der Waals surface area contributed by atoms with Gasteiger partial charge < -0.3 is 20.9 Å². The number of hydrogen-bond acceptors (Lipinski definition) is 9. The summed E-state index contributed by atoms with van der Waals surface area (Å²) in [7, 11) is 0. The van der Waals surface area contributed by atoms with Crippen LogP contribution in [-0.4, -0.2) is 50.8 Å². The molecule has 15 heteroatoms. The number of thiazole rings is 1. The molecule has 0 spiro atoms. The van der Waals surface area contributed by atoms with Gasteiger partial charge in [0.1, 0.15) is 34.6 Å². The molecule has 2 aromatic heterocycles. The highest BCUT2D eigenvalue weighted by Crippen LogP contribution is 2.39. The molecule has 5 rings (SSSR count). The van der Waals surface area contributed by atoms with Gasteiger partial charge in [0.05, 0.1) is 40.9 Å². The second kappa shape index (κ2) is 10.1. The van der Waals surface area contributed by atoms with Crippen LogP contribution in [0.15, 0.2) is 35.8 Å². The van der Waals surface area contributed by atoms with E-state index in [-0.39, 0.29) is 22.1 Å². The minimum Gasteiger partial charge on any atom is -0.395 e. The van der Waals surface area contributed by atoms with Crippen LogP contribution in [0.1, 0.15) is 28.1 Å². The lowest BCUT2D eigenvalue weighted by atomic mass is 9.91. The maximum Gasteiger partial charge on any atom is 0.418 e. The third-order valence-corrected chi connectivity index (χ3v) is 7.47. The van der Waals surface area contributed by atoms with Crippen LogP contribution in [0, 0.1) is 6.92 Å². The van der Waals surface area contributed by atoms with Crippen LogP contribution >= 0.6 is 34.5 Å². The molecule has 0 aliphatic carbocycles. The molecule has 0 amide bonds. The number of aliphatic hydroxyl groups excluding tert-OH is 1. The van der Waals surface area contributed by atoms with Crippen molar-refractivity contribution in [3.63, 3.8) is 0 Å². The zero-order chi connectivity index (χ0) is 26.5. The molecule has 2 aliphatic rings. The number of nitrogens with one attached hydrogen (secondary N) is 2. The Labute approximate surface area is 222 Å². The Morgan fingerprint density at radius 1 is 1.35 bits per heavy atom. The van der Waals surface area contributed by atoms with Crippen molar-refractivity contribution in [3.8, 4) is 5.69 Å². The monoisotopic (exact) mass is 576 g/mol. The number of nitrogens with zero attached hydrogens (tertiary/aromatic N) is 3. The zero-order valence-corrected chi connectivity index (χ0v) is 21.4. The summed E-state index contributed by atoms with van der Waals surface area (Å²) in [6.07, 6.45) is -6.67. The lowest BCUT2D eigenvalue weighted by Gasteiger charge is -2.41. The van der Waals surface area contributed by atoms with Crippen LogP contribution in [-0.2, 0) is 15.8 Å². The van der Waals surface area contributed by atoms with Gasteiger partial charge in [-0.15, -0.1) is 11.3 Å². The molecule has 37 heavy (non-hydrogen) atoms. The van der Waals surface area contributed by atoms with Gasteiger partial charge in [-0.05, 0) is 31.2 Å². The van der Waals surface area contributed by atoms with Crippen LogP contribution in [0.5, 0.6) is 0 Å². The van der Waals surface area contributed by atoms with Crippen LogP contribution in [0.2, 0.25) is 10.2 Å². The molecule has 0 bridgehead atoms. The summed E-state index contributed by atoms with van der Waals surface area (Å²) in [5, 5.41) is 21.3. The van der Waals surface area contributed by atoms with E-state index >= 15 is 0 Å². The summed E-state index contributed by atoms with van der Waals surface area (Å²) >= 11 is 13.2. The highest BCUT2D eigenvalue weighted by Gasteiger charge is 2.50. The normalized spacial score (nSPS) is 26.4. The van der Waals surface area contributed by atoms with Gasteiger partial charge in [0.25, 0.3) is 0 Å². The second-order valence-corrected chi connectivity index (χ2v) is 10.2. The molecule has 2 fully saturated rings. The summed E-state index contributed by atoms with van der Waals surface area (Å²) < 4.78 is 48.8. The van der Waals surface area contributed by atoms with E-state index in [2.05, 4.69) is 20.9 Å². The molecule has 3 aromatic rings. The van der Waals surface area contributed by atoms with Gasteiger partial charge in [0.2, 0.25) is 0 Å². The number of aryl methyl sites for hydroxylation is 1. The third kappa shape index (κ3) is 5.17. The molecule has 4 heterocycles. The summed E-state index contributed by atoms with van der Waals surface area (Å²) in [5.41, 5.74) is 8.59. The van der Waals surface area contributed by atoms with Crippen molar-refractivity contribution < 1.29 is 27.9 Å². The fraction of sp³-hybridized carbons (Fsp3) is 0.364. The molecule has 2 aliphatic heterocycles. The summed E-state index contributed by atoms with van der Waals surface area (Å²) in [5.74, 6) is 0. The fourth-order valence-corrected chi connectivity index (χ4v) is 5.45. The highest BCUT2D eigenvalue weighted by atomic mass is 35.5. The first kappa shape index (κ1) is 26.2. The van der Waals surface area contributed by atoms with Gasteiger partial charge in [-0.25, -0.2) is 9.67 Å². The largest absolute Gasteiger partial charge is 0.418 e. The molecule has 5 atom stereocenters. The van der Waals surface area contributed by atoms with Crippen molar-refractivity contribution in [1.82, 2.24) is 25.6 Å². The maximum atomic E-state index is 13.8. The van der Waals surface area contributed by atoms with Crippen molar-refractivity contribution >= 4 is 40.2 Å². The Bertz CT molecular complexity index is 1330. The number of aliphatic hydroxyl groups is 1. The van der Waals surface area contributed by atoms with E-state index in [0.717, 1.165) is 16.8 Å². The number of rotatable bonds is 5. The summed E-state index contributed by atoms with van der Waals surface area (Å²) in [4.78, 5) is 9.69. The second-order valence-electron chi connectivity index (χ2n) is 8.57. The first-order chi connectivity index (χ1) is 17.5. The average Bonchev–Trinajstić information content (AvgIpc) is 3.56. The Morgan fingerprint density at radius 3 is 2.84 bits per heavy atom. The van der Waals surface area contributed by atoms with E-state index in [1.807, 2.05) is 0 Å². The number of benzene rings is 1. The van der Waals surface area contributed by atoms with Crippen molar-refractivity contribution in [2.24, 2.45) is 5.73 Å². The van der Waals surface area contributed by atoms with Crippen molar-refractivity contribution in [1.29, 1.82) is 0 Å². The molecule has 198 valence electrons. The quantitative estimate of drug-likeness (QED) is 0.364. The van der Waals surface area contributed by atoms with Crippen LogP contribution in [0.4, 0.5) is 13.2 Å². The number of aromatic nitrogens is 3. The third-order valence-electron chi connectivity index (χ3n) is 6.02. The van der Waals surface area contributed by atoms with Crippen LogP contribution in [0.25, 0.3) is 11.4 Å². The lowest BCUT2D eigenvalue weighted by molar-refractivity contribution is -0.173.